The van der Waals surface area contributed by atoms with Gasteiger partial charge in [-0.15, -0.1) is 0 Å². The van der Waals surface area contributed by atoms with E-state index in [-0.39, 0.29) is 6.09 Å². The molecule has 2 fully saturated rings. The van der Waals surface area contributed by atoms with Gasteiger partial charge in [0.25, 0.3) is 0 Å². The molecule has 1 atom stereocenters. The van der Waals surface area contributed by atoms with Gasteiger partial charge in [0.05, 0.1) is 6.54 Å². The molecular weight excluding hydrogens is 323 g/mol. The summed E-state index contributed by atoms with van der Waals surface area (Å²) >= 11 is 0. The third-order valence-corrected chi connectivity index (χ3v) is 5.51. The van der Waals surface area contributed by atoms with Gasteiger partial charge < -0.3 is 9.64 Å². The zero-order valence-corrected chi connectivity index (χ0v) is 15.7. The Labute approximate surface area is 149 Å². The summed E-state index contributed by atoms with van der Waals surface area (Å²) < 4.78 is 20.8. The molecule has 1 saturated heterocycles. The number of piperidine rings is 1. The minimum atomic E-state index is -1.37. The van der Waals surface area contributed by atoms with Crippen molar-refractivity contribution in [2.75, 3.05) is 19.6 Å². The topological polar surface area (TPSA) is 57.5 Å². The molecule has 0 aromatic rings. The molecule has 0 N–H and O–H groups in total. The van der Waals surface area contributed by atoms with Gasteiger partial charge in [-0.25, -0.2) is 9.18 Å². The third kappa shape index (κ3) is 4.42. The molecule has 0 bridgehead atoms. The van der Waals surface area contributed by atoms with Crippen LogP contribution in [0.25, 0.3) is 0 Å². The van der Waals surface area contributed by atoms with Gasteiger partial charge >= 0.3 is 6.09 Å². The van der Waals surface area contributed by atoms with Crippen molar-refractivity contribution >= 4 is 6.09 Å². The van der Waals surface area contributed by atoms with Crippen LogP contribution < -0.4 is 0 Å². The molecule has 0 spiro atoms. The summed E-state index contributed by atoms with van der Waals surface area (Å²) in [6.45, 7) is 6.85. The van der Waals surface area contributed by atoms with Gasteiger partial charge in [-0.05, 0) is 33.6 Å². The number of hydrogen-bond donors (Lipinski definition) is 0. The molecule has 25 heavy (non-hydrogen) atoms. The number of carbonyl (C=O) groups excluding carboxylic acids is 1. The van der Waals surface area contributed by atoms with Gasteiger partial charge in [-0.2, -0.15) is 5.11 Å². The van der Waals surface area contributed by atoms with Crippen molar-refractivity contribution in [1.82, 2.24) is 9.91 Å². The molecular formula is C18H31FN4O2. The molecule has 2 aliphatic heterocycles. The highest BCUT2D eigenvalue weighted by molar-refractivity contribution is 5.68. The number of alkyl halides is 1. The summed E-state index contributed by atoms with van der Waals surface area (Å²) in [5.41, 5.74) is -1.90. The SMILES string of the molecule is CC(C)(C)OC(=O)N1CCC(F)(C2CN(C3CCCCC3)N=N2)CC1. The van der Waals surface area contributed by atoms with Gasteiger partial charge in [0.2, 0.25) is 0 Å². The van der Waals surface area contributed by atoms with Crippen LogP contribution in [0.15, 0.2) is 10.3 Å². The summed E-state index contributed by atoms with van der Waals surface area (Å²) in [5, 5.41) is 10.5. The Morgan fingerprint density at radius 2 is 1.80 bits per heavy atom. The predicted molar refractivity (Wildman–Crippen MR) is 93.1 cm³/mol. The summed E-state index contributed by atoms with van der Waals surface area (Å²) in [6.07, 6.45) is 6.27. The molecule has 1 unspecified atom stereocenters. The largest absolute Gasteiger partial charge is 0.444 e. The van der Waals surface area contributed by atoms with Gasteiger partial charge in [-0.3, -0.25) is 5.01 Å². The quantitative estimate of drug-likeness (QED) is 0.750. The molecule has 1 saturated carbocycles. The van der Waals surface area contributed by atoms with Crippen LogP contribution in [-0.2, 0) is 4.74 Å². The number of ether oxygens (including phenoxy) is 1. The Morgan fingerprint density at radius 3 is 2.40 bits per heavy atom. The molecule has 0 aromatic heterocycles. The Morgan fingerprint density at radius 1 is 1.16 bits per heavy atom. The highest BCUT2D eigenvalue weighted by Crippen LogP contribution is 2.36. The first-order chi connectivity index (χ1) is 11.8. The van der Waals surface area contributed by atoms with Gasteiger partial charge in [0, 0.05) is 32.0 Å². The first kappa shape index (κ1) is 18.4. The number of likely N-dealkylation sites (tertiary alicyclic amines) is 1. The second-order valence-corrected chi connectivity index (χ2v) is 8.64. The van der Waals surface area contributed by atoms with Crippen molar-refractivity contribution in [3.8, 4) is 0 Å². The minimum Gasteiger partial charge on any atom is -0.444 e. The Balaban J connectivity index is 1.51. The van der Waals surface area contributed by atoms with E-state index in [1.165, 1.54) is 19.3 Å². The van der Waals surface area contributed by atoms with Crippen LogP contribution >= 0.6 is 0 Å². The molecule has 0 aromatic carbocycles. The zero-order chi connectivity index (χ0) is 18.1. The fourth-order valence-corrected chi connectivity index (χ4v) is 3.97. The van der Waals surface area contributed by atoms with E-state index in [0.717, 1.165) is 12.8 Å². The van der Waals surface area contributed by atoms with Crippen molar-refractivity contribution < 1.29 is 13.9 Å². The van der Waals surface area contributed by atoms with Gasteiger partial charge in [0.15, 0.2) is 0 Å². The second-order valence-electron chi connectivity index (χ2n) is 8.64. The summed E-state index contributed by atoms with van der Waals surface area (Å²) in [5.74, 6) is 0. The van der Waals surface area contributed by atoms with Crippen molar-refractivity contribution in [2.45, 2.75) is 89.1 Å². The van der Waals surface area contributed by atoms with E-state index < -0.39 is 17.3 Å². The number of hydrogen-bond acceptors (Lipinski definition) is 5. The monoisotopic (exact) mass is 354 g/mol. The van der Waals surface area contributed by atoms with Gasteiger partial charge in [-0.1, -0.05) is 24.5 Å². The summed E-state index contributed by atoms with van der Waals surface area (Å²) in [6, 6.07) is 0.0168. The first-order valence-electron chi connectivity index (χ1n) is 9.61. The maximum absolute atomic E-state index is 15.4. The maximum Gasteiger partial charge on any atom is 0.410 e. The average molecular weight is 354 g/mol. The van der Waals surface area contributed by atoms with Crippen molar-refractivity contribution in [2.24, 2.45) is 10.3 Å². The Bertz CT molecular complexity index is 506. The van der Waals surface area contributed by atoms with E-state index in [4.69, 9.17) is 4.74 Å². The van der Waals surface area contributed by atoms with Crippen LogP contribution in [0.3, 0.4) is 0 Å². The van der Waals surface area contributed by atoms with Crippen molar-refractivity contribution in [3.05, 3.63) is 0 Å². The Hall–Kier alpha value is -1.40. The molecule has 0 radical (unpaired) electrons. The van der Waals surface area contributed by atoms with Crippen molar-refractivity contribution in [3.63, 3.8) is 0 Å². The van der Waals surface area contributed by atoms with Crippen LogP contribution in [0.1, 0.15) is 65.7 Å². The summed E-state index contributed by atoms with van der Waals surface area (Å²) in [4.78, 5) is 13.7. The number of rotatable bonds is 2. The lowest BCUT2D eigenvalue weighted by atomic mass is 9.86. The molecule has 3 aliphatic rings. The van der Waals surface area contributed by atoms with E-state index in [1.54, 1.807) is 4.90 Å². The van der Waals surface area contributed by atoms with Crippen LogP contribution in [0.5, 0.6) is 0 Å². The minimum absolute atomic E-state index is 0.300. The fraction of sp³-hybridized carbons (Fsp3) is 0.944. The molecule has 1 aliphatic carbocycles. The molecule has 2 heterocycles. The lowest BCUT2D eigenvalue weighted by molar-refractivity contribution is -0.00373. The van der Waals surface area contributed by atoms with Crippen LogP contribution in [0.2, 0.25) is 0 Å². The standard InChI is InChI=1S/C18H31FN4O2/c1-17(2,3)25-16(24)22-11-9-18(19,10-12-22)15-13-23(21-20-15)14-7-5-4-6-8-14/h14-15H,4-13H2,1-3H3. The van der Waals surface area contributed by atoms with Crippen LogP contribution in [-0.4, -0.2) is 59.0 Å². The number of carbonyl (C=O) groups is 1. The molecule has 7 heteroatoms. The first-order valence-corrected chi connectivity index (χ1v) is 9.61. The average Bonchev–Trinajstić information content (AvgIpc) is 3.05. The second kappa shape index (κ2) is 7.08. The predicted octanol–water partition coefficient (Wildman–Crippen LogP) is 4.11. The van der Waals surface area contributed by atoms with E-state index in [1.807, 2.05) is 25.8 Å². The molecule has 142 valence electrons. The number of amides is 1. The molecule has 3 rings (SSSR count). The zero-order valence-electron chi connectivity index (χ0n) is 15.7. The van der Waals surface area contributed by atoms with E-state index in [0.29, 0.717) is 38.5 Å². The lowest BCUT2D eigenvalue weighted by Gasteiger charge is -2.39. The third-order valence-electron chi connectivity index (χ3n) is 5.51. The van der Waals surface area contributed by atoms with Crippen molar-refractivity contribution in [1.29, 1.82) is 0 Å². The molecule has 6 nitrogen and oxygen atoms in total. The molecule has 1 amide bonds. The van der Waals surface area contributed by atoms with E-state index in [9.17, 15) is 4.79 Å². The normalized spacial score (nSPS) is 27.6. The highest BCUT2D eigenvalue weighted by atomic mass is 19.1. The van der Waals surface area contributed by atoms with E-state index >= 15 is 4.39 Å². The fourth-order valence-electron chi connectivity index (χ4n) is 3.97. The van der Waals surface area contributed by atoms with Gasteiger partial charge in [0.1, 0.15) is 17.3 Å². The maximum atomic E-state index is 15.4. The summed E-state index contributed by atoms with van der Waals surface area (Å²) in [7, 11) is 0. The number of halogens is 1. The Kier molecular flexibility index (Phi) is 5.21. The smallest absolute Gasteiger partial charge is 0.410 e. The van der Waals surface area contributed by atoms with Crippen LogP contribution in [0.4, 0.5) is 9.18 Å². The lowest BCUT2D eigenvalue weighted by Crippen LogP contribution is -2.52. The van der Waals surface area contributed by atoms with E-state index in [2.05, 4.69) is 10.3 Å². The number of nitrogens with zero attached hydrogens (tertiary/aromatic N) is 4. The highest BCUT2D eigenvalue weighted by Gasteiger charge is 2.47. The van der Waals surface area contributed by atoms with Crippen LogP contribution in [0, 0.1) is 0 Å².